The second-order valence-electron chi connectivity index (χ2n) is 3.44. The molecule has 15 heavy (non-hydrogen) atoms. The van der Waals surface area contributed by atoms with Crippen molar-refractivity contribution in [2.45, 2.75) is 23.5 Å². The minimum atomic E-state index is -0.508. The number of thioether (sulfide) groups is 1. The van der Waals surface area contributed by atoms with E-state index in [-0.39, 0.29) is 16.2 Å². The maximum absolute atomic E-state index is 13.2. The SMILES string of the molecule is CC1CC(=O)Nc2cc(F)c(Cl)cc2S1. The van der Waals surface area contributed by atoms with E-state index in [1.807, 2.05) is 6.92 Å². The van der Waals surface area contributed by atoms with Crippen LogP contribution in [0.1, 0.15) is 13.3 Å². The average Bonchev–Trinajstić information content (AvgIpc) is 2.24. The van der Waals surface area contributed by atoms with Crippen LogP contribution in [0.3, 0.4) is 0 Å². The van der Waals surface area contributed by atoms with Crippen molar-refractivity contribution in [3.05, 3.63) is 23.0 Å². The highest BCUT2D eigenvalue weighted by Gasteiger charge is 2.20. The molecule has 0 spiro atoms. The van der Waals surface area contributed by atoms with Gasteiger partial charge in [0.05, 0.1) is 10.7 Å². The lowest BCUT2D eigenvalue weighted by Gasteiger charge is -2.07. The Morgan fingerprint density at radius 3 is 3.07 bits per heavy atom. The number of fused-ring (bicyclic) bond motifs is 1. The van der Waals surface area contributed by atoms with Crippen molar-refractivity contribution < 1.29 is 9.18 Å². The monoisotopic (exact) mass is 245 g/mol. The van der Waals surface area contributed by atoms with Gasteiger partial charge in [0, 0.05) is 22.6 Å². The predicted octanol–water partition coefficient (Wildman–Crippen LogP) is 3.30. The Morgan fingerprint density at radius 2 is 2.33 bits per heavy atom. The zero-order chi connectivity index (χ0) is 11.0. The third kappa shape index (κ3) is 2.26. The second kappa shape index (κ2) is 4.02. The van der Waals surface area contributed by atoms with Crippen molar-refractivity contribution in [3.8, 4) is 0 Å². The summed E-state index contributed by atoms with van der Waals surface area (Å²) >= 11 is 7.21. The molecule has 0 saturated heterocycles. The summed E-state index contributed by atoms with van der Waals surface area (Å²) in [6.45, 7) is 1.95. The largest absolute Gasteiger partial charge is 0.325 e. The number of halogens is 2. The zero-order valence-corrected chi connectivity index (χ0v) is 9.58. The molecule has 1 aliphatic rings. The number of carbonyl (C=O) groups excluding carboxylic acids is 1. The molecule has 5 heteroatoms. The average molecular weight is 246 g/mol. The third-order valence-electron chi connectivity index (χ3n) is 2.10. The molecule has 1 atom stereocenters. The van der Waals surface area contributed by atoms with E-state index in [1.54, 1.807) is 6.07 Å². The highest BCUT2D eigenvalue weighted by molar-refractivity contribution is 8.00. The number of amides is 1. The fourth-order valence-electron chi connectivity index (χ4n) is 1.44. The van der Waals surface area contributed by atoms with Crippen LogP contribution < -0.4 is 5.32 Å². The summed E-state index contributed by atoms with van der Waals surface area (Å²) in [5.74, 6) is -0.596. The van der Waals surface area contributed by atoms with E-state index in [9.17, 15) is 9.18 Å². The number of benzene rings is 1. The second-order valence-corrected chi connectivity index (χ2v) is 5.33. The van der Waals surface area contributed by atoms with Crippen molar-refractivity contribution in [2.24, 2.45) is 0 Å². The fourth-order valence-corrected chi connectivity index (χ4v) is 2.76. The first kappa shape index (κ1) is 10.8. The quantitative estimate of drug-likeness (QED) is 0.760. The van der Waals surface area contributed by atoms with Gasteiger partial charge in [-0.15, -0.1) is 11.8 Å². The standard InChI is InChI=1S/C10H9ClFNOS/c1-5-2-10(14)13-8-4-7(12)6(11)3-9(8)15-5/h3-5H,2H2,1H3,(H,13,14). The summed E-state index contributed by atoms with van der Waals surface area (Å²) < 4.78 is 13.2. The van der Waals surface area contributed by atoms with Crippen LogP contribution in [0, 0.1) is 5.82 Å². The van der Waals surface area contributed by atoms with Crippen molar-refractivity contribution in [1.29, 1.82) is 0 Å². The van der Waals surface area contributed by atoms with Gasteiger partial charge in [-0.1, -0.05) is 18.5 Å². The molecule has 1 aromatic rings. The van der Waals surface area contributed by atoms with Crippen molar-refractivity contribution in [1.82, 2.24) is 0 Å². The highest BCUT2D eigenvalue weighted by Crippen LogP contribution is 2.37. The number of rotatable bonds is 0. The van der Waals surface area contributed by atoms with Crippen LogP contribution in [-0.4, -0.2) is 11.2 Å². The van der Waals surface area contributed by atoms with Crippen molar-refractivity contribution in [3.63, 3.8) is 0 Å². The maximum Gasteiger partial charge on any atom is 0.225 e. The summed E-state index contributed by atoms with van der Waals surface area (Å²) in [6.07, 6.45) is 0.429. The first-order valence-corrected chi connectivity index (χ1v) is 5.77. The number of carbonyl (C=O) groups is 1. The van der Waals surface area contributed by atoms with E-state index >= 15 is 0 Å². The molecule has 0 aromatic heterocycles. The summed E-state index contributed by atoms with van der Waals surface area (Å²) in [6, 6.07) is 2.82. The molecule has 1 aromatic carbocycles. The molecule has 0 saturated carbocycles. The summed E-state index contributed by atoms with van der Waals surface area (Å²) in [5, 5.41) is 2.92. The van der Waals surface area contributed by atoms with E-state index < -0.39 is 5.82 Å². The Hall–Kier alpha value is -0.740. The molecule has 1 aliphatic heterocycles. The highest BCUT2D eigenvalue weighted by atomic mass is 35.5. The van der Waals surface area contributed by atoms with E-state index in [2.05, 4.69) is 5.32 Å². The van der Waals surface area contributed by atoms with E-state index in [4.69, 9.17) is 11.6 Å². The van der Waals surface area contributed by atoms with Crippen LogP contribution in [0.4, 0.5) is 10.1 Å². The van der Waals surface area contributed by atoms with Gasteiger partial charge in [0.15, 0.2) is 0 Å². The lowest BCUT2D eigenvalue weighted by Crippen LogP contribution is -2.13. The normalized spacial score (nSPS) is 20.5. The molecule has 0 bridgehead atoms. The molecule has 1 heterocycles. The molecule has 0 aliphatic carbocycles. The van der Waals surface area contributed by atoms with Gasteiger partial charge in [-0.3, -0.25) is 4.79 Å². The zero-order valence-electron chi connectivity index (χ0n) is 8.01. The molecular weight excluding hydrogens is 237 g/mol. The van der Waals surface area contributed by atoms with Crippen LogP contribution in [0.5, 0.6) is 0 Å². The molecule has 0 fully saturated rings. The van der Waals surface area contributed by atoms with Gasteiger partial charge in [-0.05, 0) is 6.07 Å². The minimum Gasteiger partial charge on any atom is -0.325 e. The number of nitrogens with one attached hydrogen (secondary N) is 1. The summed E-state index contributed by atoms with van der Waals surface area (Å²) in [5.41, 5.74) is 0.510. The molecule has 1 amide bonds. The van der Waals surface area contributed by atoms with Crippen LogP contribution in [-0.2, 0) is 4.79 Å². The lowest BCUT2D eigenvalue weighted by molar-refractivity contribution is -0.116. The van der Waals surface area contributed by atoms with Gasteiger partial charge < -0.3 is 5.32 Å². The number of hydrogen-bond acceptors (Lipinski definition) is 2. The van der Waals surface area contributed by atoms with Gasteiger partial charge >= 0.3 is 0 Å². The van der Waals surface area contributed by atoms with Gasteiger partial charge in [0.25, 0.3) is 0 Å². The smallest absolute Gasteiger partial charge is 0.225 e. The molecule has 1 unspecified atom stereocenters. The summed E-state index contributed by atoms with van der Waals surface area (Å²) in [4.78, 5) is 12.2. The molecule has 2 nitrogen and oxygen atoms in total. The fraction of sp³-hybridized carbons (Fsp3) is 0.300. The molecule has 1 N–H and O–H groups in total. The first-order chi connectivity index (χ1) is 7.06. The lowest BCUT2D eigenvalue weighted by atomic mass is 10.3. The Labute approximate surface area is 96.2 Å². The van der Waals surface area contributed by atoms with Crippen molar-refractivity contribution >= 4 is 35.0 Å². The first-order valence-electron chi connectivity index (χ1n) is 4.52. The topological polar surface area (TPSA) is 29.1 Å². The van der Waals surface area contributed by atoms with Gasteiger partial charge in [-0.25, -0.2) is 4.39 Å². The molecular formula is C10H9ClFNOS. The van der Waals surface area contributed by atoms with E-state index in [0.29, 0.717) is 12.1 Å². The predicted molar refractivity (Wildman–Crippen MR) is 60.0 cm³/mol. The van der Waals surface area contributed by atoms with Gasteiger partial charge in [-0.2, -0.15) is 0 Å². The minimum absolute atomic E-state index is 0.0875. The van der Waals surface area contributed by atoms with Crippen LogP contribution >= 0.6 is 23.4 Å². The number of hydrogen-bond donors (Lipinski definition) is 1. The Bertz CT molecular complexity index is 424. The van der Waals surface area contributed by atoms with E-state index in [1.165, 1.54) is 17.8 Å². The number of anilines is 1. The summed E-state index contributed by atoms with van der Waals surface area (Å²) in [7, 11) is 0. The van der Waals surface area contributed by atoms with Crippen LogP contribution in [0.15, 0.2) is 17.0 Å². The van der Waals surface area contributed by atoms with Crippen LogP contribution in [0.2, 0.25) is 5.02 Å². The Kier molecular flexibility index (Phi) is 2.89. The molecule has 0 radical (unpaired) electrons. The van der Waals surface area contributed by atoms with Crippen molar-refractivity contribution in [2.75, 3.05) is 5.32 Å². The third-order valence-corrected chi connectivity index (χ3v) is 3.55. The van der Waals surface area contributed by atoms with Gasteiger partial charge in [0.1, 0.15) is 5.82 Å². The molecule has 2 rings (SSSR count). The Balaban J connectivity index is 2.46. The van der Waals surface area contributed by atoms with Gasteiger partial charge in [0.2, 0.25) is 5.91 Å². The van der Waals surface area contributed by atoms with E-state index in [0.717, 1.165) is 4.90 Å². The Morgan fingerprint density at radius 1 is 1.60 bits per heavy atom. The molecule has 80 valence electrons. The maximum atomic E-state index is 13.2. The van der Waals surface area contributed by atoms with Crippen LogP contribution in [0.25, 0.3) is 0 Å².